The Kier molecular flexibility index (Phi) is 3.79. The van der Waals surface area contributed by atoms with Gasteiger partial charge in [0.2, 0.25) is 0 Å². The molecule has 1 heterocycles. The van der Waals surface area contributed by atoms with E-state index in [1.165, 1.54) is 0 Å². The van der Waals surface area contributed by atoms with Crippen LogP contribution in [-0.4, -0.2) is 20.6 Å². The van der Waals surface area contributed by atoms with Crippen molar-refractivity contribution in [2.45, 2.75) is 6.54 Å². The number of nitrogens with zero attached hydrogens (tertiary/aromatic N) is 2. The van der Waals surface area contributed by atoms with Gasteiger partial charge in [-0.25, -0.2) is 4.79 Å². The Hall–Kier alpha value is -1.96. The van der Waals surface area contributed by atoms with Crippen LogP contribution in [0, 0.1) is 10.1 Å². The van der Waals surface area contributed by atoms with Gasteiger partial charge in [-0.15, -0.1) is 0 Å². The summed E-state index contributed by atoms with van der Waals surface area (Å²) in [4.78, 5) is 32.0. The molecule has 0 aliphatic heterocycles. The van der Waals surface area contributed by atoms with E-state index in [4.69, 9.17) is 5.11 Å². The molecular weight excluding hydrogens is 296 g/mol. The molecule has 0 aliphatic rings. The Labute approximate surface area is 103 Å². The topological polar surface area (TPSA) is 102 Å². The fourth-order valence-electron chi connectivity index (χ4n) is 1.07. The number of hydrogen-bond acceptors (Lipinski definition) is 4. The van der Waals surface area contributed by atoms with E-state index in [1.54, 1.807) is 0 Å². The summed E-state index contributed by atoms with van der Waals surface area (Å²) in [5.74, 6) is -1.26. The molecule has 0 amide bonds. The van der Waals surface area contributed by atoms with Gasteiger partial charge in [-0.3, -0.25) is 14.9 Å². The molecule has 8 heteroatoms. The van der Waals surface area contributed by atoms with Crippen LogP contribution in [0.15, 0.2) is 33.7 Å². The van der Waals surface area contributed by atoms with Crippen LogP contribution < -0.4 is 5.56 Å². The Morgan fingerprint density at radius 3 is 2.71 bits per heavy atom. The Morgan fingerprint density at radius 2 is 2.24 bits per heavy atom. The van der Waals surface area contributed by atoms with E-state index < -0.39 is 16.5 Å². The van der Waals surface area contributed by atoms with Crippen molar-refractivity contribution in [3.8, 4) is 0 Å². The van der Waals surface area contributed by atoms with Crippen molar-refractivity contribution >= 4 is 27.6 Å². The molecule has 1 aromatic heterocycles. The number of hydrogen-bond donors (Lipinski definition) is 1. The second kappa shape index (κ2) is 4.91. The largest absolute Gasteiger partial charge is 0.478 e. The molecule has 0 aliphatic carbocycles. The Bertz CT molecular complexity index is 563. The van der Waals surface area contributed by atoms with Crippen molar-refractivity contribution < 1.29 is 14.8 Å². The zero-order chi connectivity index (χ0) is 13.2. The van der Waals surface area contributed by atoms with Gasteiger partial charge in [0.15, 0.2) is 0 Å². The van der Waals surface area contributed by atoms with E-state index in [1.807, 2.05) is 0 Å². The van der Waals surface area contributed by atoms with Crippen LogP contribution in [0.1, 0.15) is 0 Å². The van der Waals surface area contributed by atoms with E-state index in [2.05, 4.69) is 22.5 Å². The number of carboxylic acids is 1. The normalized spacial score (nSPS) is 9.94. The van der Waals surface area contributed by atoms with Gasteiger partial charge in [-0.1, -0.05) is 6.58 Å². The monoisotopic (exact) mass is 302 g/mol. The summed E-state index contributed by atoms with van der Waals surface area (Å²) < 4.78 is 0.906. The first-order chi connectivity index (χ1) is 7.82. The van der Waals surface area contributed by atoms with Crippen molar-refractivity contribution in [3.05, 3.63) is 49.4 Å². The van der Waals surface area contributed by atoms with Gasteiger partial charge in [-0.2, -0.15) is 0 Å². The smallest absolute Gasteiger partial charge is 0.332 e. The van der Waals surface area contributed by atoms with Crippen LogP contribution in [-0.2, 0) is 11.3 Å². The minimum absolute atomic E-state index is 0.00936. The summed E-state index contributed by atoms with van der Waals surface area (Å²) in [6.45, 7) is 2.94. The molecule has 0 unspecified atom stereocenters. The van der Waals surface area contributed by atoms with E-state index >= 15 is 0 Å². The lowest BCUT2D eigenvalue weighted by atomic mass is 10.3. The van der Waals surface area contributed by atoms with Crippen LogP contribution in [0.4, 0.5) is 5.69 Å². The maximum Gasteiger partial charge on any atom is 0.332 e. The van der Waals surface area contributed by atoms with Crippen LogP contribution in [0.5, 0.6) is 0 Å². The summed E-state index contributed by atoms with van der Waals surface area (Å²) in [6.07, 6.45) is 0.973. The molecule has 17 heavy (non-hydrogen) atoms. The quantitative estimate of drug-likeness (QED) is 0.511. The van der Waals surface area contributed by atoms with E-state index in [9.17, 15) is 19.7 Å². The summed E-state index contributed by atoms with van der Waals surface area (Å²) in [5.41, 5.74) is -1.10. The molecule has 0 saturated heterocycles. The first-order valence-electron chi connectivity index (χ1n) is 4.28. The second-order valence-corrected chi connectivity index (χ2v) is 4.00. The fraction of sp³-hybridized carbons (Fsp3) is 0.111. The first-order valence-corrected chi connectivity index (χ1v) is 5.07. The molecule has 1 N–H and O–H groups in total. The van der Waals surface area contributed by atoms with Crippen LogP contribution >= 0.6 is 15.9 Å². The van der Waals surface area contributed by atoms with Crippen LogP contribution in [0.2, 0.25) is 0 Å². The van der Waals surface area contributed by atoms with E-state index in [0.29, 0.717) is 0 Å². The summed E-state index contributed by atoms with van der Waals surface area (Å²) in [6, 6.07) is 1.06. The summed E-state index contributed by atoms with van der Waals surface area (Å²) in [5, 5.41) is 19.2. The fourth-order valence-corrected chi connectivity index (χ4v) is 1.54. The molecular formula is C9H7BrN2O5. The van der Waals surface area contributed by atoms with Crippen molar-refractivity contribution in [1.29, 1.82) is 0 Å². The van der Waals surface area contributed by atoms with Gasteiger partial charge < -0.3 is 9.67 Å². The molecule has 1 rings (SSSR count). The molecule has 7 nitrogen and oxygen atoms in total. The highest BCUT2D eigenvalue weighted by Gasteiger charge is 2.14. The highest BCUT2D eigenvalue weighted by atomic mass is 79.9. The third kappa shape index (κ3) is 3.00. The number of rotatable bonds is 4. The number of aliphatic carboxylic acids is 1. The van der Waals surface area contributed by atoms with Gasteiger partial charge in [0.05, 0.1) is 22.1 Å². The predicted octanol–water partition coefficient (Wildman–Crippen LogP) is 1.16. The molecule has 0 saturated carbocycles. The molecule has 0 bridgehead atoms. The Balaban J connectivity index is 3.24. The number of aromatic nitrogens is 1. The van der Waals surface area contributed by atoms with E-state index in [0.717, 1.165) is 16.8 Å². The molecule has 0 spiro atoms. The highest BCUT2D eigenvalue weighted by Crippen LogP contribution is 2.14. The molecule has 0 aromatic carbocycles. The number of carboxylic acid groups (broad SMARTS) is 1. The minimum Gasteiger partial charge on any atom is -0.478 e. The van der Waals surface area contributed by atoms with Gasteiger partial charge in [0.25, 0.3) is 11.2 Å². The maximum atomic E-state index is 11.6. The molecule has 0 atom stereocenters. The van der Waals surface area contributed by atoms with Crippen molar-refractivity contribution in [2.75, 3.05) is 0 Å². The van der Waals surface area contributed by atoms with Gasteiger partial charge in [-0.05, 0) is 15.9 Å². The number of halogens is 1. The lowest BCUT2D eigenvalue weighted by molar-refractivity contribution is -0.385. The molecule has 90 valence electrons. The van der Waals surface area contributed by atoms with Crippen LogP contribution in [0.25, 0.3) is 0 Å². The second-order valence-electron chi connectivity index (χ2n) is 3.15. The average Bonchev–Trinajstić information content (AvgIpc) is 2.23. The predicted molar refractivity (Wildman–Crippen MR) is 61.8 cm³/mol. The third-order valence-corrected chi connectivity index (χ3v) is 2.47. The number of nitro groups is 1. The SMILES string of the molecule is C=C(Cn1cc([N+](=O)[O-])cc(Br)c1=O)C(=O)O. The number of carbonyl (C=O) groups is 1. The van der Waals surface area contributed by atoms with Crippen LogP contribution in [0.3, 0.4) is 0 Å². The average molecular weight is 303 g/mol. The van der Waals surface area contributed by atoms with Gasteiger partial charge in [0, 0.05) is 11.6 Å². The van der Waals surface area contributed by atoms with Crippen molar-refractivity contribution in [2.24, 2.45) is 0 Å². The highest BCUT2D eigenvalue weighted by molar-refractivity contribution is 9.10. The zero-order valence-electron chi connectivity index (χ0n) is 8.42. The van der Waals surface area contributed by atoms with Gasteiger partial charge >= 0.3 is 5.97 Å². The van der Waals surface area contributed by atoms with E-state index in [-0.39, 0.29) is 22.3 Å². The third-order valence-electron chi connectivity index (χ3n) is 1.90. The Morgan fingerprint density at radius 1 is 1.65 bits per heavy atom. The standard InChI is InChI=1S/C9H7BrN2O5/c1-5(9(14)15)3-11-4-6(12(16)17)2-7(10)8(11)13/h2,4H,1,3H2,(H,14,15). The summed E-state index contributed by atoms with van der Waals surface area (Å²) >= 11 is 2.88. The lowest BCUT2D eigenvalue weighted by Gasteiger charge is -2.05. The number of pyridine rings is 1. The van der Waals surface area contributed by atoms with Gasteiger partial charge in [0.1, 0.15) is 0 Å². The first kappa shape index (κ1) is 13.1. The lowest BCUT2D eigenvalue weighted by Crippen LogP contribution is -2.23. The zero-order valence-corrected chi connectivity index (χ0v) is 10.0. The maximum absolute atomic E-state index is 11.6. The molecule has 1 aromatic rings. The minimum atomic E-state index is -1.26. The van der Waals surface area contributed by atoms with Crippen molar-refractivity contribution in [1.82, 2.24) is 4.57 Å². The summed E-state index contributed by atoms with van der Waals surface area (Å²) in [7, 11) is 0. The molecule has 0 fully saturated rings. The molecule has 0 radical (unpaired) electrons. The van der Waals surface area contributed by atoms with Crippen molar-refractivity contribution in [3.63, 3.8) is 0 Å².